The number of aromatic nitrogens is 2. The van der Waals surface area contributed by atoms with Crippen molar-refractivity contribution < 1.29 is 4.74 Å². The summed E-state index contributed by atoms with van der Waals surface area (Å²) >= 11 is 0. The average molecular weight is 407 g/mol. The van der Waals surface area contributed by atoms with E-state index in [4.69, 9.17) is 14.7 Å². The van der Waals surface area contributed by atoms with Crippen LogP contribution in [0.25, 0.3) is 11.3 Å². The highest BCUT2D eigenvalue weighted by Crippen LogP contribution is 2.24. The molecule has 3 nitrogen and oxygen atoms in total. The highest BCUT2D eigenvalue weighted by atomic mass is 16.5. The molecular weight excluding hydrogens is 380 g/mol. The van der Waals surface area contributed by atoms with Gasteiger partial charge in [-0.2, -0.15) is 0 Å². The molecule has 0 spiro atoms. The molecule has 6 heterocycles. The lowest BCUT2D eigenvalue weighted by Crippen LogP contribution is -1.97. The molecule has 154 valence electrons. The molecule has 4 aliphatic rings. The van der Waals surface area contributed by atoms with Gasteiger partial charge in [-0.1, -0.05) is 67.1 Å². The molecule has 0 N–H and O–H groups in total. The standard InChI is InChI=1S/C28H26N2O/c1-2-6-21-12-14-23(15-13-21)20-25-8-4-10-27(29-25)31-28-11-5-9-26(30-28)24-18-16-22(7-3-1)17-19-24/h4-5,8-19H,1-3,6-7,20H2. The zero-order valence-electron chi connectivity index (χ0n) is 17.6. The first kappa shape index (κ1) is 19.5. The number of pyridine rings is 2. The van der Waals surface area contributed by atoms with Crippen molar-refractivity contribution in [2.75, 3.05) is 0 Å². The van der Waals surface area contributed by atoms with Crippen molar-refractivity contribution in [3.05, 3.63) is 107 Å². The summed E-state index contributed by atoms with van der Waals surface area (Å²) < 4.78 is 6.00. The van der Waals surface area contributed by atoms with E-state index in [0.29, 0.717) is 11.8 Å². The number of hydrogen-bond donors (Lipinski definition) is 0. The van der Waals surface area contributed by atoms with Gasteiger partial charge in [0, 0.05) is 29.8 Å². The molecule has 0 fully saturated rings. The largest absolute Gasteiger partial charge is 0.421 e. The predicted octanol–water partition coefficient (Wildman–Crippen LogP) is 6.80. The molecule has 3 heteroatoms. The molecule has 0 radical (unpaired) electrons. The molecule has 8 bridgehead atoms. The van der Waals surface area contributed by atoms with E-state index in [9.17, 15) is 0 Å². The SMILES string of the molecule is c1cc2nc(c1)Oc1cccc(n1)-c1ccc(cc1)CCCCCc1ccc(cc1)C2. The van der Waals surface area contributed by atoms with Gasteiger partial charge in [0.05, 0.1) is 5.69 Å². The number of nitrogens with zero attached hydrogens (tertiary/aromatic N) is 2. The smallest absolute Gasteiger partial charge is 0.221 e. The van der Waals surface area contributed by atoms with E-state index in [2.05, 4.69) is 48.5 Å². The van der Waals surface area contributed by atoms with E-state index in [0.717, 1.165) is 36.2 Å². The number of aryl methyl sites for hydroxylation is 2. The third kappa shape index (κ3) is 5.00. The summed E-state index contributed by atoms with van der Waals surface area (Å²) in [6.45, 7) is 0. The Kier molecular flexibility index (Phi) is 5.74. The number of rotatable bonds is 0. The lowest BCUT2D eigenvalue weighted by molar-refractivity contribution is 0.443. The average Bonchev–Trinajstić information content (AvgIpc) is 2.80. The highest BCUT2D eigenvalue weighted by molar-refractivity contribution is 5.60. The van der Waals surface area contributed by atoms with Crippen molar-refractivity contribution in [1.82, 2.24) is 9.97 Å². The maximum Gasteiger partial charge on any atom is 0.221 e. The van der Waals surface area contributed by atoms with E-state index in [1.165, 1.54) is 36.0 Å². The Labute approximate surface area is 183 Å². The normalized spacial score (nSPS) is 13.9. The fourth-order valence-corrected chi connectivity index (χ4v) is 4.06. The van der Waals surface area contributed by atoms with Crippen LogP contribution in [0.3, 0.4) is 0 Å². The molecule has 8 rings (SSSR count). The zero-order valence-corrected chi connectivity index (χ0v) is 17.6. The van der Waals surface area contributed by atoms with Crippen LogP contribution in [0.4, 0.5) is 0 Å². The molecule has 31 heavy (non-hydrogen) atoms. The summed E-state index contributed by atoms with van der Waals surface area (Å²) in [7, 11) is 0. The van der Waals surface area contributed by atoms with Crippen molar-refractivity contribution in [2.24, 2.45) is 0 Å². The zero-order chi connectivity index (χ0) is 20.9. The second kappa shape index (κ2) is 9.13. The Bertz CT molecular complexity index is 1150. The molecule has 0 saturated heterocycles. The van der Waals surface area contributed by atoms with E-state index < -0.39 is 0 Å². The molecule has 2 aromatic heterocycles. The first-order valence-electron chi connectivity index (χ1n) is 11.1. The second-order valence-electron chi connectivity index (χ2n) is 8.18. The van der Waals surface area contributed by atoms with E-state index in [1.54, 1.807) is 0 Å². The van der Waals surface area contributed by atoms with Gasteiger partial charge in [-0.05, 0) is 54.5 Å². The lowest BCUT2D eigenvalue weighted by Gasteiger charge is -2.08. The van der Waals surface area contributed by atoms with Gasteiger partial charge in [-0.25, -0.2) is 9.97 Å². The molecule has 0 aliphatic carbocycles. The molecule has 4 aromatic rings. The van der Waals surface area contributed by atoms with Crippen molar-refractivity contribution in [2.45, 2.75) is 38.5 Å². The van der Waals surface area contributed by atoms with Crippen LogP contribution in [0, 0.1) is 0 Å². The van der Waals surface area contributed by atoms with Crippen LogP contribution in [0.15, 0.2) is 84.9 Å². The van der Waals surface area contributed by atoms with Crippen molar-refractivity contribution in [3.8, 4) is 23.0 Å². The van der Waals surface area contributed by atoms with Gasteiger partial charge >= 0.3 is 0 Å². The Morgan fingerprint density at radius 3 is 1.90 bits per heavy atom. The first-order chi connectivity index (χ1) is 15.3. The third-order valence-corrected chi connectivity index (χ3v) is 5.80. The van der Waals surface area contributed by atoms with Crippen LogP contribution in [0.5, 0.6) is 11.8 Å². The summed E-state index contributed by atoms with van der Waals surface area (Å²) in [6, 6.07) is 29.5. The van der Waals surface area contributed by atoms with Crippen molar-refractivity contribution >= 4 is 0 Å². The summed E-state index contributed by atoms with van der Waals surface area (Å²) in [6.07, 6.45) is 6.76. The van der Waals surface area contributed by atoms with Gasteiger partial charge < -0.3 is 4.74 Å². The van der Waals surface area contributed by atoms with Crippen molar-refractivity contribution in [1.29, 1.82) is 0 Å². The van der Waals surface area contributed by atoms with Crippen LogP contribution >= 0.6 is 0 Å². The van der Waals surface area contributed by atoms with Crippen LogP contribution < -0.4 is 4.74 Å². The Hall–Kier alpha value is -3.46. The lowest BCUT2D eigenvalue weighted by atomic mass is 10.0. The monoisotopic (exact) mass is 406 g/mol. The molecule has 0 atom stereocenters. The number of hydrogen-bond acceptors (Lipinski definition) is 3. The van der Waals surface area contributed by atoms with E-state index in [-0.39, 0.29) is 0 Å². The van der Waals surface area contributed by atoms with Gasteiger partial charge in [-0.3, -0.25) is 0 Å². The van der Waals surface area contributed by atoms with Gasteiger partial charge in [-0.15, -0.1) is 0 Å². The summed E-state index contributed by atoms with van der Waals surface area (Å²) in [5.74, 6) is 1.13. The molecule has 0 saturated carbocycles. The Morgan fingerprint density at radius 1 is 0.548 bits per heavy atom. The summed E-state index contributed by atoms with van der Waals surface area (Å²) in [5.41, 5.74) is 7.06. The van der Waals surface area contributed by atoms with Gasteiger partial charge in [0.25, 0.3) is 0 Å². The van der Waals surface area contributed by atoms with Gasteiger partial charge in [0.2, 0.25) is 11.8 Å². The fourth-order valence-electron chi connectivity index (χ4n) is 4.06. The fraction of sp³-hybridized carbons (Fsp3) is 0.214. The summed E-state index contributed by atoms with van der Waals surface area (Å²) in [5, 5.41) is 0. The van der Waals surface area contributed by atoms with Gasteiger partial charge in [0.15, 0.2) is 0 Å². The quantitative estimate of drug-likeness (QED) is 0.322. The van der Waals surface area contributed by atoms with Crippen molar-refractivity contribution in [3.63, 3.8) is 0 Å². The molecule has 0 unspecified atom stereocenters. The van der Waals surface area contributed by atoms with Gasteiger partial charge in [0.1, 0.15) is 0 Å². The maximum absolute atomic E-state index is 6.00. The molecule has 4 aliphatic heterocycles. The highest BCUT2D eigenvalue weighted by Gasteiger charge is 2.07. The number of ether oxygens (including phenoxy) is 1. The van der Waals surface area contributed by atoms with Crippen LogP contribution in [-0.4, -0.2) is 9.97 Å². The van der Waals surface area contributed by atoms with Crippen LogP contribution in [0.2, 0.25) is 0 Å². The minimum Gasteiger partial charge on any atom is -0.421 e. The summed E-state index contributed by atoms with van der Waals surface area (Å²) in [4.78, 5) is 9.40. The maximum atomic E-state index is 6.00. The molecule has 2 aromatic carbocycles. The minimum absolute atomic E-state index is 0.557. The molecule has 0 amide bonds. The van der Waals surface area contributed by atoms with E-state index >= 15 is 0 Å². The third-order valence-electron chi connectivity index (χ3n) is 5.80. The topological polar surface area (TPSA) is 35.0 Å². The minimum atomic E-state index is 0.557. The Morgan fingerprint density at radius 2 is 1.16 bits per heavy atom. The Balaban J connectivity index is 1.46. The second-order valence-corrected chi connectivity index (χ2v) is 8.18. The predicted molar refractivity (Wildman–Crippen MR) is 124 cm³/mol. The first-order valence-corrected chi connectivity index (χ1v) is 11.1. The van der Waals surface area contributed by atoms with Crippen LogP contribution in [0.1, 0.15) is 41.6 Å². The molecular formula is C28H26N2O. The van der Waals surface area contributed by atoms with Crippen LogP contribution in [-0.2, 0) is 19.3 Å². The van der Waals surface area contributed by atoms with E-state index in [1.807, 2.05) is 36.4 Å². The number of benzene rings is 2.